The summed E-state index contributed by atoms with van der Waals surface area (Å²) in [5.74, 6) is 3.35. The molecule has 5 heterocycles. The summed E-state index contributed by atoms with van der Waals surface area (Å²) in [6.07, 6.45) is 0. The highest BCUT2D eigenvalue weighted by Gasteiger charge is 2.25. The van der Waals surface area contributed by atoms with Crippen LogP contribution in [0, 0.1) is 11.5 Å². The van der Waals surface area contributed by atoms with E-state index in [1.807, 2.05) is 6.92 Å². The Kier molecular flexibility index (Phi) is 6.89. The topological polar surface area (TPSA) is 79.4 Å². The normalized spacial score (nSPS) is 18.2. The number of rotatable bonds is 3. The largest absolute Gasteiger partial charge is 0.381 e. The van der Waals surface area contributed by atoms with Crippen LogP contribution in [0.25, 0.3) is 32.2 Å². The molecule has 9 heteroatoms. The average molecular weight is 556 g/mol. The minimum atomic E-state index is -1.55. The summed E-state index contributed by atoms with van der Waals surface area (Å²) in [5.41, 5.74) is 8.99. The van der Waals surface area contributed by atoms with Crippen LogP contribution < -0.4 is 10.6 Å². The van der Waals surface area contributed by atoms with Crippen LogP contribution in [0.1, 0.15) is 28.0 Å². The second kappa shape index (κ2) is 10.4. The summed E-state index contributed by atoms with van der Waals surface area (Å²) in [4.78, 5) is 25.9. The Balaban J connectivity index is 1.43. The van der Waals surface area contributed by atoms with Gasteiger partial charge in [-0.2, -0.15) is 0 Å². The van der Waals surface area contributed by atoms with Gasteiger partial charge in [-0.1, -0.05) is 25.6 Å². The third kappa shape index (κ3) is 5.56. The molecule has 200 valence electrons. The molecule has 0 bridgehead atoms. The van der Waals surface area contributed by atoms with Gasteiger partial charge in [-0.25, -0.2) is 9.97 Å². The Morgan fingerprint density at radius 2 is 1.95 bits per heavy atom. The van der Waals surface area contributed by atoms with E-state index in [0.717, 1.165) is 87.0 Å². The minimum absolute atomic E-state index is 0.0158. The first-order chi connectivity index (χ1) is 18.7. The number of carbonyl (C=O) groups excluding carboxylic acids is 1. The molecule has 1 aromatic carbocycles. The van der Waals surface area contributed by atoms with Crippen molar-refractivity contribution in [3.05, 3.63) is 52.7 Å². The number of benzene rings is 1. The number of nitrogens with zero attached hydrogens (tertiary/aromatic N) is 3. The number of aromatic nitrogens is 2. The maximum atomic E-state index is 12.8. The molecular formula is C30H33N5O2SSi. The quantitative estimate of drug-likeness (QED) is 0.270. The molecule has 1 amide bonds. The van der Waals surface area contributed by atoms with Gasteiger partial charge in [0.1, 0.15) is 18.6 Å². The molecule has 0 aliphatic carbocycles. The van der Waals surface area contributed by atoms with Gasteiger partial charge in [-0.15, -0.1) is 16.9 Å². The van der Waals surface area contributed by atoms with Crippen molar-refractivity contribution < 1.29 is 9.53 Å². The first kappa shape index (κ1) is 26.0. The summed E-state index contributed by atoms with van der Waals surface area (Å²) >= 11 is 1.53. The maximum absolute atomic E-state index is 12.8. The number of hydrogen-bond donors (Lipinski definition) is 2. The molecular weight excluding hydrogens is 523 g/mol. The Morgan fingerprint density at radius 3 is 2.74 bits per heavy atom. The van der Waals surface area contributed by atoms with Crippen molar-refractivity contribution in [1.82, 2.24) is 20.2 Å². The van der Waals surface area contributed by atoms with Gasteiger partial charge in [0.25, 0.3) is 5.91 Å². The fourth-order valence-corrected chi connectivity index (χ4v) is 6.61. The van der Waals surface area contributed by atoms with Gasteiger partial charge in [0.05, 0.1) is 35.8 Å². The minimum Gasteiger partial charge on any atom is -0.381 e. The van der Waals surface area contributed by atoms with Crippen LogP contribution in [-0.2, 0) is 11.3 Å². The van der Waals surface area contributed by atoms with Crippen LogP contribution in [0.4, 0.5) is 5.69 Å². The van der Waals surface area contributed by atoms with Gasteiger partial charge in [0, 0.05) is 53.3 Å². The maximum Gasteiger partial charge on any atom is 0.263 e. The van der Waals surface area contributed by atoms with E-state index >= 15 is 0 Å². The Morgan fingerprint density at radius 1 is 1.13 bits per heavy atom. The summed E-state index contributed by atoms with van der Waals surface area (Å²) in [6.45, 7) is 13.5. The molecule has 1 saturated heterocycles. The van der Waals surface area contributed by atoms with Gasteiger partial charge in [0.2, 0.25) is 0 Å². The number of carbonyl (C=O) groups is 1. The van der Waals surface area contributed by atoms with Crippen LogP contribution in [0.3, 0.4) is 0 Å². The van der Waals surface area contributed by atoms with E-state index in [0.29, 0.717) is 6.54 Å². The smallest absolute Gasteiger partial charge is 0.263 e. The highest BCUT2D eigenvalue weighted by atomic mass is 32.1. The number of ether oxygens (including phenoxy) is 1. The van der Waals surface area contributed by atoms with Crippen molar-refractivity contribution in [2.45, 2.75) is 39.2 Å². The first-order valence-electron chi connectivity index (χ1n) is 13.5. The van der Waals surface area contributed by atoms with Gasteiger partial charge >= 0.3 is 0 Å². The molecule has 1 atom stereocenters. The number of amides is 1. The Hall–Kier alpha value is -3.29. The third-order valence-corrected chi connectivity index (χ3v) is 8.95. The molecule has 7 nitrogen and oxygen atoms in total. The van der Waals surface area contributed by atoms with Gasteiger partial charge in [0.15, 0.2) is 0 Å². The van der Waals surface area contributed by atoms with E-state index in [4.69, 9.17) is 14.7 Å². The van der Waals surface area contributed by atoms with Crippen LogP contribution in [0.15, 0.2) is 36.4 Å². The zero-order chi connectivity index (χ0) is 27.1. The lowest BCUT2D eigenvalue weighted by Crippen LogP contribution is -2.35. The van der Waals surface area contributed by atoms with E-state index in [1.54, 1.807) is 0 Å². The van der Waals surface area contributed by atoms with Crippen LogP contribution in [0.2, 0.25) is 19.6 Å². The highest BCUT2D eigenvalue weighted by Crippen LogP contribution is 2.41. The molecule has 2 aliphatic heterocycles. The molecule has 6 rings (SSSR count). The summed E-state index contributed by atoms with van der Waals surface area (Å²) < 4.78 is 6.62. The SMILES string of the molecule is C[C@@H]1CNc2c(sc3ccc4nc(-c5cc(C#C[Si](C)(C)C)nc(CN6CCOCC6)c5)ccc4c23)C(=O)N1. The number of anilines is 1. The monoisotopic (exact) mass is 555 g/mol. The molecule has 2 N–H and O–H groups in total. The predicted octanol–water partition coefficient (Wildman–Crippen LogP) is 5.12. The van der Waals surface area contributed by atoms with Crippen molar-refractivity contribution in [3.8, 4) is 22.7 Å². The fraction of sp³-hybridized carbons (Fsp3) is 0.367. The standard InChI is InChI=1S/C30H33N5O2SSi/c1-19-17-31-28-27-23-5-6-24(34-25(23)7-8-26(27)38-29(28)30(36)32-19)20-15-21(9-14-39(2,3)4)33-22(16-20)18-35-10-12-37-13-11-35/h5-8,15-16,19,31H,10-13,17-18H2,1-4H3,(H,32,36)/t19-/m1/s1. The molecule has 0 unspecified atom stereocenters. The van der Waals surface area contributed by atoms with Crippen molar-refractivity contribution in [3.63, 3.8) is 0 Å². The molecule has 2 aliphatic rings. The number of thiophene rings is 1. The Labute approximate surface area is 234 Å². The molecule has 39 heavy (non-hydrogen) atoms. The van der Waals surface area contributed by atoms with E-state index in [-0.39, 0.29) is 11.9 Å². The molecule has 4 aromatic rings. The van der Waals surface area contributed by atoms with Crippen molar-refractivity contribution in [1.29, 1.82) is 0 Å². The first-order valence-corrected chi connectivity index (χ1v) is 17.8. The lowest BCUT2D eigenvalue weighted by molar-refractivity contribution is 0.0336. The van der Waals surface area contributed by atoms with Gasteiger partial charge < -0.3 is 15.4 Å². The molecule has 1 fully saturated rings. The van der Waals surface area contributed by atoms with E-state index < -0.39 is 8.07 Å². The molecule has 3 aromatic heterocycles. The van der Waals surface area contributed by atoms with Gasteiger partial charge in [-0.05, 0) is 43.3 Å². The zero-order valence-corrected chi connectivity index (χ0v) is 24.7. The number of nitrogens with one attached hydrogen (secondary N) is 2. The summed E-state index contributed by atoms with van der Waals surface area (Å²) in [6, 6.07) is 12.6. The fourth-order valence-electron chi connectivity index (χ4n) is 5.01. The van der Waals surface area contributed by atoms with E-state index in [9.17, 15) is 4.79 Å². The molecule has 0 radical (unpaired) electrons. The highest BCUT2D eigenvalue weighted by molar-refractivity contribution is 7.21. The lowest BCUT2D eigenvalue weighted by Gasteiger charge is -2.26. The second-order valence-electron chi connectivity index (χ2n) is 11.4. The number of pyridine rings is 2. The number of morpholine rings is 1. The average Bonchev–Trinajstić information content (AvgIpc) is 3.23. The van der Waals surface area contributed by atoms with E-state index in [2.05, 4.69) is 83.0 Å². The molecule has 0 spiro atoms. The van der Waals surface area contributed by atoms with Crippen LogP contribution in [0.5, 0.6) is 0 Å². The van der Waals surface area contributed by atoms with E-state index in [1.165, 1.54) is 11.3 Å². The predicted molar refractivity (Wildman–Crippen MR) is 162 cm³/mol. The van der Waals surface area contributed by atoms with Crippen LogP contribution >= 0.6 is 11.3 Å². The summed E-state index contributed by atoms with van der Waals surface area (Å²) in [5, 5.41) is 8.69. The Bertz CT molecular complexity index is 1640. The van der Waals surface area contributed by atoms with Crippen molar-refractivity contribution in [2.24, 2.45) is 0 Å². The molecule has 0 saturated carbocycles. The third-order valence-electron chi connectivity index (χ3n) is 6.92. The van der Waals surface area contributed by atoms with Gasteiger partial charge in [-0.3, -0.25) is 9.69 Å². The van der Waals surface area contributed by atoms with Crippen molar-refractivity contribution >= 4 is 52.0 Å². The van der Waals surface area contributed by atoms with Crippen LogP contribution in [-0.4, -0.2) is 67.7 Å². The summed E-state index contributed by atoms with van der Waals surface area (Å²) in [7, 11) is -1.55. The van der Waals surface area contributed by atoms with Crippen molar-refractivity contribution in [2.75, 3.05) is 38.2 Å². The zero-order valence-electron chi connectivity index (χ0n) is 22.9. The second-order valence-corrected chi connectivity index (χ2v) is 17.2. The lowest BCUT2D eigenvalue weighted by atomic mass is 10.1. The number of fused-ring (bicyclic) bond motifs is 5. The number of hydrogen-bond acceptors (Lipinski definition) is 7.